The van der Waals surface area contributed by atoms with Crippen LogP contribution in [0.25, 0.3) is 0 Å². The molecule has 0 radical (unpaired) electrons. The molecular formula is C26H33N3O3. The van der Waals surface area contributed by atoms with E-state index in [9.17, 15) is 9.90 Å². The molecule has 2 atom stereocenters. The Morgan fingerprint density at radius 3 is 2.50 bits per heavy atom. The number of benzene rings is 1. The molecule has 3 heterocycles. The minimum Gasteiger partial charge on any atom is -0.496 e. The van der Waals surface area contributed by atoms with Crippen molar-refractivity contribution in [2.45, 2.75) is 94.5 Å². The minimum absolute atomic E-state index is 0.111. The number of hydrogen-bond donors (Lipinski definition) is 1. The summed E-state index contributed by atoms with van der Waals surface area (Å²) >= 11 is 0. The number of nitrogens with zero attached hydrogens (tertiary/aromatic N) is 3. The lowest BCUT2D eigenvalue weighted by atomic mass is 9.85. The van der Waals surface area contributed by atoms with Gasteiger partial charge in [-0.1, -0.05) is 6.07 Å². The van der Waals surface area contributed by atoms with E-state index in [-0.39, 0.29) is 5.56 Å². The van der Waals surface area contributed by atoms with Crippen LogP contribution in [0.1, 0.15) is 73.2 Å². The molecule has 1 aromatic heterocycles. The topological polar surface area (TPSA) is 67.6 Å². The maximum absolute atomic E-state index is 12.4. The molecule has 2 aliphatic heterocycles. The van der Waals surface area contributed by atoms with Crippen molar-refractivity contribution in [2.75, 3.05) is 7.11 Å². The number of fused-ring (bicyclic) bond motifs is 3. The highest BCUT2D eigenvalue weighted by atomic mass is 16.5. The van der Waals surface area contributed by atoms with Gasteiger partial charge in [0.15, 0.2) is 0 Å². The van der Waals surface area contributed by atoms with Crippen LogP contribution in [0.2, 0.25) is 0 Å². The molecule has 0 unspecified atom stereocenters. The summed E-state index contributed by atoms with van der Waals surface area (Å²) in [6.45, 7) is 1.17. The summed E-state index contributed by atoms with van der Waals surface area (Å²) in [7, 11) is 1.77. The number of ether oxygens (including phenoxy) is 1. The third-order valence-corrected chi connectivity index (χ3v) is 8.18. The van der Waals surface area contributed by atoms with E-state index in [0.717, 1.165) is 50.1 Å². The van der Waals surface area contributed by atoms with Gasteiger partial charge in [-0.25, -0.2) is 4.68 Å². The van der Waals surface area contributed by atoms with Crippen LogP contribution >= 0.6 is 0 Å². The predicted octanol–water partition coefficient (Wildman–Crippen LogP) is 3.18. The number of aliphatic hydroxyl groups is 1. The SMILES string of the molecule is COc1cc2c(cc1CN1[C@H]3CC[C@H]1CC(O)(Cn1nc(C4CC4)ccc1=O)C3)CCC2. The van der Waals surface area contributed by atoms with Gasteiger partial charge in [0.25, 0.3) is 5.56 Å². The van der Waals surface area contributed by atoms with Gasteiger partial charge in [-0.15, -0.1) is 0 Å². The van der Waals surface area contributed by atoms with E-state index in [1.807, 2.05) is 6.07 Å². The molecule has 3 fully saturated rings. The fraction of sp³-hybridized carbons (Fsp3) is 0.615. The van der Waals surface area contributed by atoms with Crippen LogP contribution in [-0.2, 0) is 25.9 Å². The van der Waals surface area contributed by atoms with Gasteiger partial charge < -0.3 is 9.84 Å². The highest BCUT2D eigenvalue weighted by Crippen LogP contribution is 2.43. The Balaban J connectivity index is 1.20. The number of hydrogen-bond acceptors (Lipinski definition) is 5. The average molecular weight is 436 g/mol. The summed E-state index contributed by atoms with van der Waals surface area (Å²) in [6, 6.07) is 8.74. The van der Waals surface area contributed by atoms with E-state index >= 15 is 0 Å². The lowest BCUT2D eigenvalue weighted by molar-refractivity contribution is -0.0679. The second kappa shape index (κ2) is 7.70. The largest absolute Gasteiger partial charge is 0.496 e. The van der Waals surface area contributed by atoms with E-state index in [2.05, 4.69) is 22.1 Å². The maximum atomic E-state index is 12.4. The molecule has 1 N–H and O–H groups in total. The molecule has 6 nitrogen and oxygen atoms in total. The van der Waals surface area contributed by atoms with Crippen LogP contribution < -0.4 is 10.3 Å². The summed E-state index contributed by atoms with van der Waals surface area (Å²) in [5.74, 6) is 1.50. The number of aryl methyl sites for hydroxylation is 2. The Morgan fingerprint density at radius 1 is 1.09 bits per heavy atom. The molecule has 1 aromatic carbocycles. The molecule has 2 aliphatic carbocycles. The second-order valence-corrected chi connectivity index (χ2v) is 10.5. The van der Waals surface area contributed by atoms with Gasteiger partial charge in [0, 0.05) is 36.2 Å². The fourth-order valence-corrected chi connectivity index (χ4v) is 6.42. The summed E-state index contributed by atoms with van der Waals surface area (Å²) in [5, 5.41) is 16.1. The van der Waals surface area contributed by atoms with Crippen molar-refractivity contribution in [3.63, 3.8) is 0 Å². The molecule has 2 saturated heterocycles. The Hall–Kier alpha value is -2.18. The van der Waals surface area contributed by atoms with Crippen molar-refractivity contribution in [1.29, 1.82) is 0 Å². The zero-order valence-electron chi connectivity index (χ0n) is 18.9. The van der Waals surface area contributed by atoms with Crippen molar-refractivity contribution in [3.8, 4) is 5.75 Å². The van der Waals surface area contributed by atoms with Gasteiger partial charge in [0.2, 0.25) is 0 Å². The maximum Gasteiger partial charge on any atom is 0.266 e. The third kappa shape index (κ3) is 3.67. The molecule has 0 amide bonds. The van der Waals surface area contributed by atoms with E-state index in [0.29, 0.717) is 37.4 Å². The number of aromatic nitrogens is 2. The molecule has 4 aliphatic rings. The van der Waals surface area contributed by atoms with Gasteiger partial charge >= 0.3 is 0 Å². The average Bonchev–Trinajstić information content (AvgIpc) is 3.47. The Bertz CT molecular complexity index is 1080. The van der Waals surface area contributed by atoms with E-state index in [4.69, 9.17) is 4.74 Å². The van der Waals surface area contributed by atoms with Crippen LogP contribution in [-0.4, -0.2) is 44.6 Å². The van der Waals surface area contributed by atoms with E-state index in [1.165, 1.54) is 34.2 Å². The van der Waals surface area contributed by atoms with Gasteiger partial charge in [0.05, 0.1) is 24.9 Å². The molecule has 0 spiro atoms. The summed E-state index contributed by atoms with van der Waals surface area (Å²) < 4.78 is 7.27. The first-order chi connectivity index (χ1) is 15.5. The van der Waals surface area contributed by atoms with E-state index in [1.54, 1.807) is 13.2 Å². The fourth-order valence-electron chi connectivity index (χ4n) is 6.42. The number of methoxy groups -OCH3 is 1. The molecule has 170 valence electrons. The zero-order chi connectivity index (χ0) is 21.9. The number of piperidine rings is 1. The highest BCUT2D eigenvalue weighted by molar-refractivity contribution is 5.45. The van der Waals surface area contributed by atoms with Gasteiger partial charge in [-0.3, -0.25) is 9.69 Å². The zero-order valence-corrected chi connectivity index (χ0v) is 18.9. The van der Waals surface area contributed by atoms with Gasteiger partial charge in [0.1, 0.15) is 5.75 Å². The predicted molar refractivity (Wildman–Crippen MR) is 122 cm³/mol. The quantitative estimate of drug-likeness (QED) is 0.755. The first kappa shape index (κ1) is 20.4. The van der Waals surface area contributed by atoms with Crippen LogP contribution in [0.5, 0.6) is 5.75 Å². The Labute approximate surface area is 189 Å². The Kier molecular flexibility index (Phi) is 4.92. The molecule has 2 aromatic rings. The lowest BCUT2D eigenvalue weighted by Gasteiger charge is -2.44. The minimum atomic E-state index is -0.872. The monoisotopic (exact) mass is 435 g/mol. The molecular weight excluding hydrogens is 402 g/mol. The molecule has 6 heteroatoms. The first-order valence-corrected chi connectivity index (χ1v) is 12.3. The highest BCUT2D eigenvalue weighted by Gasteiger charge is 2.48. The van der Waals surface area contributed by atoms with Crippen molar-refractivity contribution >= 4 is 0 Å². The van der Waals surface area contributed by atoms with Crippen molar-refractivity contribution in [2.24, 2.45) is 0 Å². The van der Waals surface area contributed by atoms with Gasteiger partial charge in [-0.2, -0.15) is 5.10 Å². The smallest absolute Gasteiger partial charge is 0.266 e. The molecule has 1 saturated carbocycles. The van der Waals surface area contributed by atoms with Crippen molar-refractivity contribution < 1.29 is 9.84 Å². The molecule has 2 bridgehead atoms. The van der Waals surface area contributed by atoms with Crippen molar-refractivity contribution in [3.05, 3.63) is 57.0 Å². The van der Waals surface area contributed by atoms with E-state index < -0.39 is 5.60 Å². The Morgan fingerprint density at radius 2 is 1.81 bits per heavy atom. The standard InChI is InChI=1S/C26H33N3O3/c1-32-24-12-19-4-2-3-18(19)11-20(24)15-28-21-7-8-22(28)14-26(31,13-21)16-29-25(30)10-9-23(27-29)17-5-6-17/h9-12,17,21-22,31H,2-8,13-16H2,1H3/t21-,22-/m0/s1. The van der Waals surface area contributed by atoms with Crippen molar-refractivity contribution in [1.82, 2.24) is 14.7 Å². The van der Waals surface area contributed by atoms with Crippen LogP contribution in [0.4, 0.5) is 0 Å². The second-order valence-electron chi connectivity index (χ2n) is 10.5. The first-order valence-electron chi connectivity index (χ1n) is 12.3. The number of rotatable bonds is 6. The van der Waals surface area contributed by atoms with Gasteiger partial charge in [-0.05, 0) is 81.0 Å². The lowest BCUT2D eigenvalue weighted by Crippen LogP contribution is -2.53. The molecule has 32 heavy (non-hydrogen) atoms. The van der Waals surface area contributed by atoms with Crippen LogP contribution in [0.15, 0.2) is 29.1 Å². The summed E-state index contributed by atoms with van der Waals surface area (Å²) in [4.78, 5) is 15.0. The van der Waals surface area contributed by atoms with Crippen LogP contribution in [0, 0.1) is 0 Å². The third-order valence-electron chi connectivity index (χ3n) is 8.18. The molecule has 6 rings (SSSR count). The van der Waals surface area contributed by atoms with Crippen LogP contribution in [0.3, 0.4) is 0 Å². The summed E-state index contributed by atoms with van der Waals surface area (Å²) in [6.07, 6.45) is 9.46. The normalized spacial score (nSPS) is 29.3. The summed E-state index contributed by atoms with van der Waals surface area (Å²) in [5.41, 5.74) is 4.20.